The highest BCUT2D eigenvalue weighted by Crippen LogP contribution is 2.42. The van der Waals surface area contributed by atoms with E-state index in [2.05, 4.69) is 20.3 Å². The Morgan fingerprint density at radius 3 is 2.59 bits per heavy atom. The van der Waals surface area contributed by atoms with Crippen molar-refractivity contribution in [3.05, 3.63) is 56.4 Å². The van der Waals surface area contributed by atoms with Crippen molar-refractivity contribution in [2.24, 2.45) is 14.1 Å². The van der Waals surface area contributed by atoms with Gasteiger partial charge in [-0.05, 0) is 31.9 Å². The van der Waals surface area contributed by atoms with E-state index >= 15 is 0 Å². The summed E-state index contributed by atoms with van der Waals surface area (Å²) in [5, 5.41) is 3.07. The quantitative estimate of drug-likeness (QED) is 0.736. The third-order valence-corrected chi connectivity index (χ3v) is 4.69. The van der Waals surface area contributed by atoms with Crippen LogP contribution in [0.15, 0.2) is 27.9 Å². The first-order chi connectivity index (χ1) is 12.9. The molecule has 0 atom stereocenters. The van der Waals surface area contributed by atoms with E-state index in [1.807, 2.05) is 6.92 Å². The summed E-state index contributed by atoms with van der Waals surface area (Å²) in [6, 6.07) is 2.97. The first-order valence-electron chi connectivity index (χ1n) is 8.58. The maximum atomic E-state index is 12.7. The summed E-state index contributed by atoms with van der Waals surface area (Å²) in [5.74, 6) is 0.555. The highest BCUT2D eigenvalue weighted by Gasteiger charge is 2.29. The van der Waals surface area contributed by atoms with Gasteiger partial charge in [-0.2, -0.15) is 0 Å². The van der Waals surface area contributed by atoms with Crippen LogP contribution in [-0.2, 0) is 14.1 Å². The van der Waals surface area contributed by atoms with E-state index in [1.165, 1.54) is 30.8 Å². The first-order valence-corrected chi connectivity index (χ1v) is 8.58. The number of hydrogen-bond acceptors (Lipinski definition) is 6. The van der Waals surface area contributed by atoms with Gasteiger partial charge in [0.15, 0.2) is 0 Å². The number of anilines is 1. The molecule has 3 aromatic heterocycles. The van der Waals surface area contributed by atoms with E-state index in [0.717, 1.165) is 23.1 Å². The van der Waals surface area contributed by atoms with Crippen molar-refractivity contribution in [2.45, 2.75) is 25.7 Å². The lowest BCUT2D eigenvalue weighted by Crippen LogP contribution is -2.37. The smallest absolute Gasteiger partial charge is 0.318 e. The van der Waals surface area contributed by atoms with Gasteiger partial charge >= 0.3 is 5.69 Å². The van der Waals surface area contributed by atoms with Crippen LogP contribution in [0, 0.1) is 6.92 Å². The monoisotopic (exact) mass is 366 g/mol. The Morgan fingerprint density at radius 1 is 1.15 bits per heavy atom. The fraction of sp³-hybridized carbons (Fsp3) is 0.333. The molecule has 0 radical (unpaired) electrons. The van der Waals surface area contributed by atoms with E-state index in [4.69, 9.17) is 0 Å². The van der Waals surface area contributed by atoms with Gasteiger partial charge in [-0.3, -0.25) is 18.7 Å². The second-order valence-electron chi connectivity index (χ2n) is 6.72. The number of amides is 1. The second kappa shape index (κ2) is 6.11. The van der Waals surface area contributed by atoms with Gasteiger partial charge in [0, 0.05) is 20.0 Å². The van der Waals surface area contributed by atoms with Crippen molar-refractivity contribution < 1.29 is 4.79 Å². The first kappa shape index (κ1) is 17.1. The largest absolute Gasteiger partial charge is 0.332 e. The lowest BCUT2D eigenvalue weighted by atomic mass is 10.2. The van der Waals surface area contributed by atoms with Crippen molar-refractivity contribution in [1.29, 1.82) is 0 Å². The Bertz CT molecular complexity index is 1210. The molecule has 1 N–H and O–H groups in total. The molecule has 0 spiro atoms. The molecule has 0 unspecified atom stereocenters. The molecule has 1 saturated carbocycles. The molecular formula is C18H18N6O3. The molecule has 27 heavy (non-hydrogen) atoms. The van der Waals surface area contributed by atoms with Crippen molar-refractivity contribution in [1.82, 2.24) is 24.1 Å². The third kappa shape index (κ3) is 2.90. The van der Waals surface area contributed by atoms with Gasteiger partial charge in [0.2, 0.25) is 0 Å². The number of hydrogen-bond donors (Lipinski definition) is 1. The summed E-state index contributed by atoms with van der Waals surface area (Å²) in [5.41, 5.74) is 0.716. The van der Waals surface area contributed by atoms with E-state index in [0.29, 0.717) is 17.4 Å². The van der Waals surface area contributed by atoms with E-state index in [9.17, 15) is 14.4 Å². The molecule has 1 fully saturated rings. The predicted octanol–water partition coefficient (Wildman–Crippen LogP) is 0.860. The number of carbonyl (C=O) groups is 1. The van der Waals surface area contributed by atoms with Gasteiger partial charge in [-0.15, -0.1) is 0 Å². The zero-order valence-corrected chi connectivity index (χ0v) is 15.2. The molecule has 3 heterocycles. The number of rotatable bonds is 3. The molecule has 138 valence electrons. The van der Waals surface area contributed by atoms with Crippen LogP contribution in [0.3, 0.4) is 0 Å². The number of carbonyl (C=O) groups excluding carboxylic acids is 1. The highest BCUT2D eigenvalue weighted by atomic mass is 16.2. The van der Waals surface area contributed by atoms with Crippen LogP contribution in [0.25, 0.3) is 11.0 Å². The number of nitrogens with zero attached hydrogens (tertiary/aromatic N) is 5. The Kier molecular flexibility index (Phi) is 3.87. The van der Waals surface area contributed by atoms with Gasteiger partial charge in [0.25, 0.3) is 11.5 Å². The fourth-order valence-corrected chi connectivity index (χ4v) is 3.02. The van der Waals surface area contributed by atoms with Crippen LogP contribution < -0.4 is 16.6 Å². The maximum absolute atomic E-state index is 12.7. The zero-order valence-electron chi connectivity index (χ0n) is 15.2. The molecule has 0 bridgehead atoms. The second-order valence-corrected chi connectivity index (χ2v) is 6.72. The molecule has 1 aliphatic rings. The van der Waals surface area contributed by atoms with Gasteiger partial charge in [-0.1, -0.05) is 0 Å². The molecule has 9 nitrogen and oxygen atoms in total. The Balaban J connectivity index is 1.74. The molecule has 9 heteroatoms. The van der Waals surface area contributed by atoms with Crippen LogP contribution in [0.4, 0.5) is 5.69 Å². The van der Waals surface area contributed by atoms with E-state index in [1.54, 1.807) is 6.20 Å². The standard InChI is InChI=1S/C18H18N6O3/c1-9-19-8-13(14(20-9)10-4-5-10)22-16(25)12-7-6-11-15(21-12)23(2)18(27)24(3)17(11)26/h6-8,10H,4-5H2,1-3H3,(H,22,25). The molecule has 3 aromatic rings. The molecule has 1 aliphatic carbocycles. The van der Waals surface area contributed by atoms with Crippen molar-refractivity contribution in [3.8, 4) is 0 Å². The molecular weight excluding hydrogens is 348 g/mol. The number of nitrogens with one attached hydrogen (secondary N) is 1. The van der Waals surface area contributed by atoms with E-state index < -0.39 is 17.2 Å². The Labute approximate surface area is 153 Å². The number of aryl methyl sites for hydroxylation is 2. The summed E-state index contributed by atoms with van der Waals surface area (Å²) in [7, 11) is 2.92. The minimum Gasteiger partial charge on any atom is -0.318 e. The predicted molar refractivity (Wildman–Crippen MR) is 98.9 cm³/mol. The molecule has 0 saturated heterocycles. The lowest BCUT2D eigenvalue weighted by molar-refractivity contribution is 0.102. The van der Waals surface area contributed by atoms with Crippen molar-refractivity contribution >= 4 is 22.6 Å². The zero-order chi connectivity index (χ0) is 19.3. The summed E-state index contributed by atoms with van der Waals surface area (Å²) in [6.07, 6.45) is 3.68. The number of fused-ring (bicyclic) bond motifs is 1. The summed E-state index contributed by atoms with van der Waals surface area (Å²) >= 11 is 0. The summed E-state index contributed by atoms with van der Waals surface area (Å²) < 4.78 is 2.26. The van der Waals surface area contributed by atoms with Crippen molar-refractivity contribution in [3.63, 3.8) is 0 Å². The van der Waals surface area contributed by atoms with Crippen LogP contribution in [0.5, 0.6) is 0 Å². The normalized spacial score (nSPS) is 13.7. The topological polar surface area (TPSA) is 112 Å². The molecule has 0 aliphatic heterocycles. The average molecular weight is 366 g/mol. The Hall–Kier alpha value is -3.36. The summed E-state index contributed by atoms with van der Waals surface area (Å²) in [4.78, 5) is 49.9. The molecule has 1 amide bonds. The van der Waals surface area contributed by atoms with Gasteiger partial charge in [-0.25, -0.2) is 19.7 Å². The minimum absolute atomic E-state index is 0.105. The number of pyridine rings is 1. The van der Waals surface area contributed by atoms with Crippen LogP contribution in [0.2, 0.25) is 0 Å². The average Bonchev–Trinajstić information content (AvgIpc) is 3.50. The lowest BCUT2D eigenvalue weighted by Gasteiger charge is -2.11. The van der Waals surface area contributed by atoms with E-state index in [-0.39, 0.29) is 16.7 Å². The SMILES string of the molecule is Cc1ncc(NC(=O)c2ccc3c(=O)n(C)c(=O)n(C)c3n2)c(C2CC2)n1. The van der Waals surface area contributed by atoms with Gasteiger partial charge < -0.3 is 5.32 Å². The third-order valence-electron chi connectivity index (χ3n) is 4.69. The summed E-state index contributed by atoms with van der Waals surface area (Å²) in [6.45, 7) is 1.81. The van der Waals surface area contributed by atoms with Crippen LogP contribution in [0.1, 0.15) is 40.8 Å². The fourth-order valence-electron chi connectivity index (χ4n) is 3.02. The molecule has 4 rings (SSSR count). The highest BCUT2D eigenvalue weighted by molar-refractivity contribution is 6.04. The minimum atomic E-state index is -0.500. The molecule has 0 aromatic carbocycles. The van der Waals surface area contributed by atoms with Crippen LogP contribution in [-0.4, -0.2) is 30.0 Å². The van der Waals surface area contributed by atoms with Gasteiger partial charge in [0.05, 0.1) is 23.0 Å². The van der Waals surface area contributed by atoms with Crippen LogP contribution >= 0.6 is 0 Å². The number of aromatic nitrogens is 5. The van der Waals surface area contributed by atoms with Crippen molar-refractivity contribution in [2.75, 3.05) is 5.32 Å². The van der Waals surface area contributed by atoms with Gasteiger partial charge in [0.1, 0.15) is 17.2 Å². The maximum Gasteiger partial charge on any atom is 0.332 e. The Morgan fingerprint density at radius 2 is 1.89 bits per heavy atom.